The molecule has 106 valence electrons. The number of nitrogens with zero attached hydrogens (tertiary/aromatic N) is 2. The molecule has 0 saturated heterocycles. The third-order valence-corrected chi connectivity index (χ3v) is 4.75. The monoisotopic (exact) mass is 277 g/mol. The van der Waals surface area contributed by atoms with Crippen LogP contribution in [-0.2, 0) is 20.0 Å². The molecular weight excluding hydrogens is 256 g/mol. The summed E-state index contributed by atoms with van der Waals surface area (Å²) in [6, 6.07) is 13.5. The molecule has 0 unspecified atom stereocenters. The van der Waals surface area contributed by atoms with Gasteiger partial charge in [0.05, 0.1) is 19.2 Å². The van der Waals surface area contributed by atoms with Crippen molar-refractivity contribution in [3.05, 3.63) is 53.1 Å². The first-order valence-electron chi connectivity index (χ1n) is 7.74. The van der Waals surface area contributed by atoms with Crippen LogP contribution in [0.2, 0.25) is 0 Å². The minimum absolute atomic E-state index is 1.12. The van der Waals surface area contributed by atoms with E-state index in [1.165, 1.54) is 52.0 Å². The molecule has 0 fully saturated rings. The summed E-state index contributed by atoms with van der Waals surface area (Å²) < 4.78 is 4.88. The molecule has 0 atom stereocenters. The lowest BCUT2D eigenvalue weighted by atomic mass is 10.0. The SMILES string of the molecule is Cc1ccc(-c2n(C)c3cccc4c3[n+]2CCC4)c(C)c1. The van der Waals surface area contributed by atoms with Gasteiger partial charge in [-0.2, -0.15) is 0 Å². The molecular formula is C19H21N2+. The Hall–Kier alpha value is -2.09. The average Bonchev–Trinajstić information content (AvgIpc) is 2.75. The van der Waals surface area contributed by atoms with Crippen LogP contribution in [-0.4, -0.2) is 4.57 Å². The van der Waals surface area contributed by atoms with Gasteiger partial charge in [-0.1, -0.05) is 29.8 Å². The fourth-order valence-electron chi connectivity index (χ4n) is 3.80. The van der Waals surface area contributed by atoms with E-state index in [4.69, 9.17) is 0 Å². The van der Waals surface area contributed by atoms with Crippen molar-refractivity contribution in [2.24, 2.45) is 7.05 Å². The first-order chi connectivity index (χ1) is 10.2. The molecule has 0 spiro atoms. The fourth-order valence-corrected chi connectivity index (χ4v) is 3.80. The zero-order chi connectivity index (χ0) is 14.6. The van der Waals surface area contributed by atoms with Crippen molar-refractivity contribution in [3.63, 3.8) is 0 Å². The second kappa shape index (κ2) is 4.45. The van der Waals surface area contributed by atoms with E-state index in [1.807, 2.05) is 0 Å². The Morgan fingerprint density at radius 3 is 2.76 bits per heavy atom. The lowest BCUT2D eigenvalue weighted by molar-refractivity contribution is -0.664. The van der Waals surface area contributed by atoms with E-state index in [2.05, 4.69) is 66.4 Å². The maximum Gasteiger partial charge on any atom is 0.289 e. The van der Waals surface area contributed by atoms with Gasteiger partial charge in [-0.15, -0.1) is 0 Å². The summed E-state index contributed by atoms with van der Waals surface area (Å²) in [6.45, 7) is 5.50. The molecule has 1 aliphatic rings. The van der Waals surface area contributed by atoms with Crippen molar-refractivity contribution < 1.29 is 4.57 Å². The lowest BCUT2D eigenvalue weighted by Crippen LogP contribution is -2.39. The average molecular weight is 277 g/mol. The number of hydrogen-bond acceptors (Lipinski definition) is 0. The molecule has 2 heterocycles. The summed E-state index contributed by atoms with van der Waals surface area (Å²) >= 11 is 0. The van der Waals surface area contributed by atoms with Crippen LogP contribution in [0.5, 0.6) is 0 Å². The maximum absolute atomic E-state index is 2.52. The van der Waals surface area contributed by atoms with E-state index < -0.39 is 0 Å². The van der Waals surface area contributed by atoms with Crippen LogP contribution in [0.4, 0.5) is 0 Å². The Morgan fingerprint density at radius 2 is 1.95 bits per heavy atom. The molecule has 0 amide bonds. The highest BCUT2D eigenvalue weighted by Crippen LogP contribution is 2.29. The van der Waals surface area contributed by atoms with Gasteiger partial charge in [-0.3, -0.25) is 0 Å². The molecule has 0 N–H and O–H groups in total. The molecule has 2 aromatic carbocycles. The van der Waals surface area contributed by atoms with E-state index in [9.17, 15) is 0 Å². The van der Waals surface area contributed by atoms with Gasteiger partial charge in [-0.05, 0) is 44.4 Å². The molecule has 0 saturated carbocycles. The van der Waals surface area contributed by atoms with E-state index in [0.29, 0.717) is 0 Å². The Labute approximate surface area is 125 Å². The van der Waals surface area contributed by atoms with Crippen molar-refractivity contribution in [1.82, 2.24) is 4.57 Å². The normalized spacial score (nSPS) is 13.9. The zero-order valence-corrected chi connectivity index (χ0v) is 13.0. The van der Waals surface area contributed by atoms with Crippen LogP contribution >= 0.6 is 0 Å². The minimum atomic E-state index is 1.12. The molecule has 0 bridgehead atoms. The third-order valence-electron chi connectivity index (χ3n) is 4.75. The van der Waals surface area contributed by atoms with Gasteiger partial charge in [0.1, 0.15) is 0 Å². The zero-order valence-electron chi connectivity index (χ0n) is 13.0. The number of benzene rings is 2. The minimum Gasteiger partial charge on any atom is -0.226 e. The van der Waals surface area contributed by atoms with Crippen LogP contribution in [0.25, 0.3) is 22.4 Å². The second-order valence-corrected chi connectivity index (χ2v) is 6.24. The van der Waals surface area contributed by atoms with Crippen molar-refractivity contribution >= 4 is 11.0 Å². The number of para-hydroxylation sites is 1. The molecule has 4 rings (SSSR count). The summed E-state index contributed by atoms with van der Waals surface area (Å²) in [6.07, 6.45) is 2.44. The van der Waals surface area contributed by atoms with Gasteiger partial charge in [0.2, 0.25) is 0 Å². The Kier molecular flexibility index (Phi) is 2.68. The van der Waals surface area contributed by atoms with Crippen LogP contribution in [0, 0.1) is 13.8 Å². The van der Waals surface area contributed by atoms with Gasteiger partial charge in [0.25, 0.3) is 5.82 Å². The summed E-state index contributed by atoms with van der Waals surface area (Å²) in [4.78, 5) is 0. The van der Waals surface area contributed by atoms with E-state index >= 15 is 0 Å². The predicted molar refractivity (Wildman–Crippen MR) is 86.3 cm³/mol. The first-order valence-corrected chi connectivity index (χ1v) is 7.74. The molecule has 0 radical (unpaired) electrons. The van der Waals surface area contributed by atoms with Crippen molar-refractivity contribution in [2.75, 3.05) is 0 Å². The standard InChI is InChI=1S/C19H21N2/c1-13-9-10-16(14(2)12-13)19-20(3)17-8-4-6-15-7-5-11-21(19)18(15)17/h4,6,8-10,12H,5,7,11H2,1-3H3/q+1. The van der Waals surface area contributed by atoms with Gasteiger partial charge >= 0.3 is 0 Å². The smallest absolute Gasteiger partial charge is 0.226 e. The summed E-state index contributed by atoms with van der Waals surface area (Å²) in [5.74, 6) is 1.34. The Morgan fingerprint density at radius 1 is 1.10 bits per heavy atom. The van der Waals surface area contributed by atoms with Crippen LogP contribution < -0.4 is 4.57 Å². The lowest BCUT2D eigenvalue weighted by Gasteiger charge is -2.11. The summed E-state index contributed by atoms with van der Waals surface area (Å²) in [5.41, 5.74) is 8.31. The fraction of sp³-hybridized carbons (Fsp3) is 0.316. The van der Waals surface area contributed by atoms with E-state index in [0.717, 1.165) is 6.54 Å². The largest absolute Gasteiger partial charge is 0.289 e. The van der Waals surface area contributed by atoms with Crippen LogP contribution in [0.1, 0.15) is 23.1 Å². The first kappa shape index (κ1) is 12.6. The molecule has 3 aromatic rings. The van der Waals surface area contributed by atoms with Gasteiger partial charge in [-0.25, -0.2) is 9.13 Å². The molecule has 2 heteroatoms. The molecule has 21 heavy (non-hydrogen) atoms. The topological polar surface area (TPSA) is 8.81 Å². The number of hydrogen-bond donors (Lipinski definition) is 0. The summed E-state index contributed by atoms with van der Waals surface area (Å²) in [5, 5.41) is 0. The number of rotatable bonds is 1. The van der Waals surface area contributed by atoms with Gasteiger partial charge in [0.15, 0.2) is 11.0 Å². The third kappa shape index (κ3) is 1.75. The maximum atomic E-state index is 2.52. The van der Waals surface area contributed by atoms with Gasteiger partial charge in [0, 0.05) is 5.56 Å². The van der Waals surface area contributed by atoms with Crippen LogP contribution in [0.3, 0.4) is 0 Å². The summed E-state index contributed by atoms with van der Waals surface area (Å²) in [7, 11) is 2.20. The molecule has 0 aliphatic carbocycles. The quantitative estimate of drug-likeness (QED) is 0.600. The predicted octanol–water partition coefficient (Wildman–Crippen LogP) is 3.70. The second-order valence-electron chi connectivity index (χ2n) is 6.24. The molecule has 1 aliphatic heterocycles. The van der Waals surface area contributed by atoms with Gasteiger partial charge < -0.3 is 0 Å². The highest BCUT2D eigenvalue weighted by Gasteiger charge is 2.29. The van der Waals surface area contributed by atoms with E-state index in [1.54, 1.807) is 0 Å². The molecule has 1 aromatic heterocycles. The molecule has 2 nitrogen and oxygen atoms in total. The number of aromatic nitrogens is 2. The van der Waals surface area contributed by atoms with Crippen LogP contribution in [0.15, 0.2) is 36.4 Å². The Bertz CT molecular complexity index is 856. The van der Waals surface area contributed by atoms with Crippen molar-refractivity contribution in [2.45, 2.75) is 33.2 Å². The van der Waals surface area contributed by atoms with Crippen molar-refractivity contribution in [1.29, 1.82) is 0 Å². The highest BCUT2D eigenvalue weighted by atomic mass is 15.2. The van der Waals surface area contributed by atoms with Crippen molar-refractivity contribution in [3.8, 4) is 11.4 Å². The highest BCUT2D eigenvalue weighted by molar-refractivity contribution is 5.80. The van der Waals surface area contributed by atoms with E-state index in [-0.39, 0.29) is 0 Å². The Balaban J connectivity index is 2.10. The number of imidazole rings is 1. The number of aryl methyl sites for hydroxylation is 5.